The minimum Gasteiger partial charge on any atom is -0.485 e. The molecular formula is C8H8FNO. The molecule has 0 fully saturated rings. The fourth-order valence-corrected chi connectivity index (χ4v) is 0.629. The molecule has 0 saturated carbocycles. The molecule has 0 radical (unpaired) electrons. The van der Waals surface area contributed by atoms with E-state index in [2.05, 4.69) is 11.6 Å². The van der Waals surface area contributed by atoms with Crippen LogP contribution in [0.2, 0.25) is 0 Å². The van der Waals surface area contributed by atoms with Crippen molar-refractivity contribution in [1.29, 1.82) is 0 Å². The molecule has 3 heteroatoms. The third-order valence-corrected chi connectivity index (χ3v) is 1.13. The summed E-state index contributed by atoms with van der Waals surface area (Å²) in [5.41, 5.74) is 0. The highest BCUT2D eigenvalue weighted by Gasteiger charge is 2.01. The monoisotopic (exact) mass is 153 g/mol. The van der Waals surface area contributed by atoms with E-state index in [0.717, 1.165) is 0 Å². The summed E-state index contributed by atoms with van der Waals surface area (Å²) in [6, 6.07) is 0. The Kier molecular flexibility index (Phi) is 2.60. The quantitative estimate of drug-likeness (QED) is 0.528. The highest BCUT2D eigenvalue weighted by molar-refractivity contribution is 5.72. The second-order valence-corrected chi connectivity index (χ2v) is 1.88. The summed E-state index contributed by atoms with van der Waals surface area (Å²) in [5.74, 6) is -0.546. The van der Waals surface area contributed by atoms with E-state index >= 15 is 0 Å². The van der Waals surface area contributed by atoms with Crippen molar-refractivity contribution in [1.82, 2.24) is 0 Å². The third kappa shape index (κ3) is 2.04. The van der Waals surface area contributed by atoms with Crippen LogP contribution in [0.5, 0.6) is 0 Å². The lowest BCUT2D eigenvalue weighted by Crippen LogP contribution is -1.94. The van der Waals surface area contributed by atoms with E-state index in [9.17, 15) is 4.39 Å². The van der Waals surface area contributed by atoms with Gasteiger partial charge >= 0.3 is 0 Å². The molecule has 0 unspecified atom stereocenters. The van der Waals surface area contributed by atoms with Crippen LogP contribution in [0.25, 0.3) is 0 Å². The minimum atomic E-state index is -0.635. The zero-order valence-corrected chi connectivity index (χ0v) is 5.96. The van der Waals surface area contributed by atoms with Crippen LogP contribution in [0.15, 0.2) is 41.5 Å². The molecule has 0 N–H and O–H groups in total. The summed E-state index contributed by atoms with van der Waals surface area (Å²) in [6.07, 6.45) is 6.03. The predicted octanol–water partition coefficient (Wildman–Crippen LogP) is 1.97. The fourth-order valence-electron chi connectivity index (χ4n) is 0.629. The first kappa shape index (κ1) is 7.72. The Bertz CT molecular complexity index is 240. The number of hydrogen-bond acceptors (Lipinski definition) is 2. The van der Waals surface area contributed by atoms with Gasteiger partial charge in [0.1, 0.15) is 6.61 Å². The molecule has 0 spiro atoms. The molecule has 2 nitrogen and oxygen atoms in total. The van der Waals surface area contributed by atoms with E-state index in [1.54, 1.807) is 12.2 Å². The second-order valence-electron chi connectivity index (χ2n) is 1.88. The second kappa shape index (κ2) is 3.71. The predicted molar refractivity (Wildman–Crippen MR) is 41.9 cm³/mol. The molecule has 0 aromatic carbocycles. The van der Waals surface area contributed by atoms with Crippen LogP contribution in [-0.4, -0.2) is 12.8 Å². The van der Waals surface area contributed by atoms with Crippen LogP contribution in [-0.2, 0) is 4.74 Å². The number of aliphatic imine (C=N–C) groups is 1. The maximum Gasteiger partial charge on any atom is 0.255 e. The highest BCUT2D eigenvalue weighted by atomic mass is 19.1. The maximum atomic E-state index is 12.7. The number of halogens is 1. The van der Waals surface area contributed by atoms with Crippen molar-refractivity contribution in [3.8, 4) is 0 Å². The van der Waals surface area contributed by atoms with Crippen molar-refractivity contribution in [2.45, 2.75) is 0 Å². The lowest BCUT2D eigenvalue weighted by molar-refractivity contribution is 0.247. The first-order valence-corrected chi connectivity index (χ1v) is 3.19. The Labute approximate surface area is 64.4 Å². The summed E-state index contributed by atoms with van der Waals surface area (Å²) in [6.45, 7) is 3.73. The number of allylic oxidation sites excluding steroid dienone is 2. The summed E-state index contributed by atoms with van der Waals surface area (Å²) < 4.78 is 17.7. The average molecular weight is 153 g/mol. The van der Waals surface area contributed by atoms with Gasteiger partial charge in [0.25, 0.3) is 5.95 Å². The average Bonchev–Trinajstić information content (AvgIpc) is 1.98. The van der Waals surface area contributed by atoms with Crippen molar-refractivity contribution < 1.29 is 9.13 Å². The smallest absolute Gasteiger partial charge is 0.255 e. The molecule has 0 aromatic heterocycles. The Morgan fingerprint density at radius 1 is 1.73 bits per heavy atom. The van der Waals surface area contributed by atoms with Crippen LogP contribution in [0, 0.1) is 0 Å². The van der Waals surface area contributed by atoms with Gasteiger partial charge in [-0.3, -0.25) is 0 Å². The molecule has 1 heterocycles. The Balaban J connectivity index is 2.87. The van der Waals surface area contributed by atoms with Crippen molar-refractivity contribution >= 4 is 6.21 Å². The van der Waals surface area contributed by atoms with E-state index in [4.69, 9.17) is 4.74 Å². The minimum absolute atomic E-state index is 0.0885. The first-order chi connectivity index (χ1) is 5.34. The Morgan fingerprint density at radius 2 is 2.55 bits per heavy atom. The molecule has 0 saturated heterocycles. The van der Waals surface area contributed by atoms with E-state index in [1.807, 2.05) is 0 Å². The van der Waals surface area contributed by atoms with Crippen molar-refractivity contribution in [2.24, 2.45) is 4.99 Å². The van der Waals surface area contributed by atoms with Gasteiger partial charge in [-0.1, -0.05) is 6.58 Å². The van der Waals surface area contributed by atoms with E-state index < -0.39 is 5.95 Å². The number of ether oxygens (including phenoxy) is 1. The fraction of sp³-hybridized carbons (Fsp3) is 0.125. The molecular weight excluding hydrogens is 145 g/mol. The molecule has 1 rings (SSSR count). The summed E-state index contributed by atoms with van der Waals surface area (Å²) in [5, 5.41) is 0. The third-order valence-electron chi connectivity index (χ3n) is 1.13. The molecule has 0 bridgehead atoms. The summed E-state index contributed by atoms with van der Waals surface area (Å²) in [7, 11) is 0. The highest BCUT2D eigenvalue weighted by Crippen LogP contribution is 2.11. The normalized spacial score (nSPS) is 29.5. The molecule has 1 aliphatic heterocycles. The summed E-state index contributed by atoms with van der Waals surface area (Å²) in [4.78, 5) is 3.44. The zero-order chi connectivity index (χ0) is 8.10. The lowest BCUT2D eigenvalue weighted by atomic mass is 10.4. The molecule has 11 heavy (non-hydrogen) atoms. The SMILES string of the molecule is C=C/C1=C(F)/N=C\C=C/CO1. The van der Waals surface area contributed by atoms with Crippen LogP contribution in [0.4, 0.5) is 4.39 Å². The topological polar surface area (TPSA) is 21.6 Å². The lowest BCUT2D eigenvalue weighted by Gasteiger charge is -2.04. The van der Waals surface area contributed by atoms with Crippen LogP contribution in [0.1, 0.15) is 0 Å². The number of nitrogens with zero attached hydrogens (tertiary/aromatic N) is 1. The van der Waals surface area contributed by atoms with Gasteiger partial charge in [-0.25, -0.2) is 4.99 Å². The van der Waals surface area contributed by atoms with Gasteiger partial charge in [0.15, 0.2) is 5.76 Å². The summed E-state index contributed by atoms with van der Waals surface area (Å²) >= 11 is 0. The van der Waals surface area contributed by atoms with E-state index in [0.29, 0.717) is 6.61 Å². The zero-order valence-electron chi connectivity index (χ0n) is 5.96. The first-order valence-electron chi connectivity index (χ1n) is 3.19. The molecule has 1 aliphatic rings. The van der Waals surface area contributed by atoms with Gasteiger partial charge in [-0.15, -0.1) is 0 Å². The van der Waals surface area contributed by atoms with Crippen LogP contribution in [0.3, 0.4) is 0 Å². The van der Waals surface area contributed by atoms with Crippen LogP contribution < -0.4 is 0 Å². The van der Waals surface area contributed by atoms with Crippen LogP contribution >= 0.6 is 0 Å². The molecule has 0 amide bonds. The van der Waals surface area contributed by atoms with Gasteiger partial charge in [-0.2, -0.15) is 4.39 Å². The van der Waals surface area contributed by atoms with Crippen molar-refractivity contribution in [3.63, 3.8) is 0 Å². The molecule has 58 valence electrons. The Hall–Kier alpha value is -1.38. The number of hydrogen-bond donors (Lipinski definition) is 0. The van der Waals surface area contributed by atoms with Gasteiger partial charge in [-0.05, 0) is 18.2 Å². The largest absolute Gasteiger partial charge is 0.485 e. The van der Waals surface area contributed by atoms with E-state index in [1.165, 1.54) is 12.3 Å². The van der Waals surface area contributed by atoms with Gasteiger partial charge in [0.2, 0.25) is 0 Å². The van der Waals surface area contributed by atoms with Gasteiger partial charge in [0, 0.05) is 6.21 Å². The van der Waals surface area contributed by atoms with Gasteiger partial charge < -0.3 is 4.74 Å². The standard InChI is InChI=1S/C8H8FNO/c1-2-7-8(9)10-5-3-4-6-11-7/h2-5H,1,6H2/b4-3-,8-7-,10-5-. The number of rotatable bonds is 1. The molecule has 0 aromatic rings. The van der Waals surface area contributed by atoms with Crippen molar-refractivity contribution in [2.75, 3.05) is 6.61 Å². The Morgan fingerprint density at radius 3 is 3.27 bits per heavy atom. The van der Waals surface area contributed by atoms with E-state index in [-0.39, 0.29) is 5.76 Å². The molecule has 0 atom stereocenters. The van der Waals surface area contributed by atoms with Crippen molar-refractivity contribution in [3.05, 3.63) is 36.5 Å². The maximum absolute atomic E-state index is 12.7. The molecule has 0 aliphatic carbocycles. The van der Waals surface area contributed by atoms with Gasteiger partial charge in [0.05, 0.1) is 0 Å².